The Morgan fingerprint density at radius 3 is 2.52 bits per heavy atom. The molecule has 2 amide bonds. The fraction of sp³-hybridized carbons (Fsp3) is 0.400. The number of piperazine rings is 1. The Bertz CT molecular complexity index is 829. The Morgan fingerprint density at radius 2 is 1.85 bits per heavy atom. The summed E-state index contributed by atoms with van der Waals surface area (Å²) in [5.74, 6) is 0.637. The summed E-state index contributed by atoms with van der Waals surface area (Å²) in [6.07, 6.45) is 0.824. The maximum absolute atomic E-state index is 12.8. The number of nitrogens with zero attached hydrogens (tertiary/aromatic N) is 4. The Kier molecular flexibility index (Phi) is 5.69. The fourth-order valence-electron chi connectivity index (χ4n) is 3.16. The summed E-state index contributed by atoms with van der Waals surface area (Å²) in [6.45, 7) is 8.23. The molecule has 2 aromatic rings. The van der Waals surface area contributed by atoms with Crippen molar-refractivity contribution >= 4 is 24.0 Å². The molecule has 1 aliphatic rings. The van der Waals surface area contributed by atoms with E-state index in [4.69, 9.17) is 0 Å². The second-order valence-corrected chi connectivity index (χ2v) is 7.02. The lowest BCUT2D eigenvalue weighted by Gasteiger charge is -2.32. The van der Waals surface area contributed by atoms with Crippen molar-refractivity contribution in [2.75, 3.05) is 31.5 Å². The van der Waals surface area contributed by atoms with Gasteiger partial charge in [-0.3, -0.25) is 9.59 Å². The van der Waals surface area contributed by atoms with Gasteiger partial charge in [0.25, 0.3) is 5.91 Å². The van der Waals surface area contributed by atoms with Gasteiger partial charge in [0.15, 0.2) is 0 Å². The first kappa shape index (κ1) is 18.8. The predicted molar refractivity (Wildman–Crippen MR) is 104 cm³/mol. The summed E-state index contributed by atoms with van der Waals surface area (Å²) in [4.78, 5) is 35.9. The lowest BCUT2D eigenvalue weighted by molar-refractivity contribution is -0.119. The van der Waals surface area contributed by atoms with Crippen LogP contribution in [0.5, 0.6) is 0 Å². The summed E-state index contributed by atoms with van der Waals surface area (Å²) in [6, 6.07) is 9.73. The molecule has 1 N–H and O–H groups in total. The quantitative estimate of drug-likeness (QED) is 0.822. The number of rotatable bonds is 5. The first-order valence-electron chi connectivity index (χ1n) is 9.18. The number of carbonyl (C=O) groups excluding carboxylic acids is 2. The van der Waals surface area contributed by atoms with Crippen LogP contribution >= 0.6 is 0 Å². The second-order valence-electron chi connectivity index (χ2n) is 7.02. The van der Waals surface area contributed by atoms with Crippen molar-refractivity contribution in [2.24, 2.45) is 0 Å². The monoisotopic (exact) mass is 367 g/mol. The van der Waals surface area contributed by atoms with Gasteiger partial charge in [-0.05, 0) is 30.5 Å². The van der Waals surface area contributed by atoms with Crippen LogP contribution in [-0.2, 0) is 4.79 Å². The van der Waals surface area contributed by atoms with Crippen LogP contribution in [0, 0.1) is 6.92 Å². The molecule has 7 heteroatoms. The SMILES string of the molecule is Cc1cc(C(=O)N2CCN(C=O)CC2)nc(Nc2ccccc2C(C)C)n1. The molecular formula is C20H25N5O2. The van der Waals surface area contributed by atoms with Crippen molar-refractivity contribution in [1.29, 1.82) is 0 Å². The van der Waals surface area contributed by atoms with E-state index in [-0.39, 0.29) is 5.91 Å². The zero-order chi connectivity index (χ0) is 19.4. The average Bonchev–Trinajstić information content (AvgIpc) is 2.67. The molecule has 3 rings (SSSR count). The molecule has 27 heavy (non-hydrogen) atoms. The van der Waals surface area contributed by atoms with E-state index in [2.05, 4.69) is 35.2 Å². The normalized spacial score (nSPS) is 14.4. The molecule has 0 bridgehead atoms. The van der Waals surface area contributed by atoms with E-state index in [1.54, 1.807) is 15.9 Å². The molecule has 0 unspecified atom stereocenters. The van der Waals surface area contributed by atoms with E-state index in [0.29, 0.717) is 43.7 Å². The van der Waals surface area contributed by atoms with Crippen LogP contribution < -0.4 is 5.32 Å². The van der Waals surface area contributed by atoms with E-state index in [0.717, 1.165) is 17.8 Å². The molecule has 0 radical (unpaired) electrons. The average molecular weight is 367 g/mol. The maximum atomic E-state index is 12.8. The Labute approximate surface area is 159 Å². The van der Waals surface area contributed by atoms with Gasteiger partial charge in [0, 0.05) is 37.6 Å². The number of hydrogen-bond acceptors (Lipinski definition) is 5. The van der Waals surface area contributed by atoms with Crippen LogP contribution in [-0.4, -0.2) is 58.3 Å². The molecule has 1 saturated heterocycles. The lowest BCUT2D eigenvalue weighted by Crippen LogP contribution is -2.48. The van der Waals surface area contributed by atoms with Crippen LogP contribution in [0.3, 0.4) is 0 Å². The van der Waals surface area contributed by atoms with Crippen molar-refractivity contribution in [3.8, 4) is 0 Å². The summed E-state index contributed by atoms with van der Waals surface area (Å²) in [5, 5.41) is 3.26. The number of nitrogens with one attached hydrogen (secondary N) is 1. The lowest BCUT2D eigenvalue weighted by atomic mass is 10.0. The highest BCUT2D eigenvalue weighted by Gasteiger charge is 2.23. The van der Waals surface area contributed by atoms with E-state index in [9.17, 15) is 9.59 Å². The number of aromatic nitrogens is 2. The molecule has 0 saturated carbocycles. The minimum Gasteiger partial charge on any atom is -0.342 e. The molecule has 2 heterocycles. The number of benzene rings is 1. The van der Waals surface area contributed by atoms with Crippen LogP contribution in [0.4, 0.5) is 11.6 Å². The molecule has 0 spiro atoms. The summed E-state index contributed by atoms with van der Waals surface area (Å²) in [5.41, 5.74) is 3.20. The van der Waals surface area contributed by atoms with Gasteiger partial charge in [-0.2, -0.15) is 0 Å². The van der Waals surface area contributed by atoms with Crippen LogP contribution in [0.25, 0.3) is 0 Å². The molecule has 0 atom stereocenters. The van der Waals surface area contributed by atoms with E-state index < -0.39 is 0 Å². The third-order valence-corrected chi connectivity index (χ3v) is 4.65. The van der Waals surface area contributed by atoms with E-state index >= 15 is 0 Å². The van der Waals surface area contributed by atoms with Gasteiger partial charge in [-0.1, -0.05) is 32.0 Å². The molecule has 0 aliphatic carbocycles. The van der Waals surface area contributed by atoms with E-state index in [1.165, 1.54) is 5.56 Å². The van der Waals surface area contributed by atoms with Crippen LogP contribution in [0.2, 0.25) is 0 Å². The molecule has 1 aliphatic heterocycles. The highest BCUT2D eigenvalue weighted by Crippen LogP contribution is 2.26. The van der Waals surface area contributed by atoms with Crippen molar-refractivity contribution in [1.82, 2.24) is 19.8 Å². The molecule has 142 valence electrons. The van der Waals surface area contributed by atoms with Crippen molar-refractivity contribution in [3.63, 3.8) is 0 Å². The minimum atomic E-state index is -0.133. The van der Waals surface area contributed by atoms with Crippen LogP contribution in [0.1, 0.15) is 41.5 Å². The van der Waals surface area contributed by atoms with Crippen molar-refractivity contribution in [3.05, 3.63) is 47.3 Å². The van der Waals surface area contributed by atoms with Gasteiger partial charge in [-0.25, -0.2) is 9.97 Å². The van der Waals surface area contributed by atoms with Gasteiger partial charge in [-0.15, -0.1) is 0 Å². The third kappa shape index (κ3) is 4.42. The standard InChI is InChI=1S/C20H25N5O2/c1-14(2)16-6-4-5-7-17(16)22-20-21-15(3)12-18(23-20)19(27)25-10-8-24(13-26)9-11-25/h4-7,12-14H,8-11H2,1-3H3,(H,21,22,23). The fourth-order valence-corrected chi connectivity index (χ4v) is 3.16. The third-order valence-electron chi connectivity index (χ3n) is 4.65. The van der Waals surface area contributed by atoms with E-state index in [1.807, 2.05) is 25.1 Å². The predicted octanol–water partition coefficient (Wildman–Crippen LogP) is 2.57. The first-order chi connectivity index (χ1) is 13.0. The number of para-hydroxylation sites is 1. The van der Waals surface area contributed by atoms with Gasteiger partial charge in [0.2, 0.25) is 12.4 Å². The molecule has 1 aromatic carbocycles. The van der Waals surface area contributed by atoms with Gasteiger partial charge in [0.05, 0.1) is 0 Å². The van der Waals surface area contributed by atoms with Gasteiger partial charge in [0.1, 0.15) is 5.69 Å². The molecular weight excluding hydrogens is 342 g/mol. The number of anilines is 2. The second kappa shape index (κ2) is 8.16. The summed E-state index contributed by atoms with van der Waals surface area (Å²) >= 11 is 0. The number of carbonyl (C=O) groups is 2. The minimum absolute atomic E-state index is 0.133. The number of aryl methyl sites for hydroxylation is 1. The van der Waals surface area contributed by atoms with Crippen molar-refractivity contribution in [2.45, 2.75) is 26.7 Å². The molecule has 1 aromatic heterocycles. The summed E-state index contributed by atoms with van der Waals surface area (Å²) in [7, 11) is 0. The number of amides is 2. The van der Waals surface area contributed by atoms with Gasteiger partial charge < -0.3 is 15.1 Å². The molecule has 7 nitrogen and oxygen atoms in total. The number of hydrogen-bond donors (Lipinski definition) is 1. The largest absolute Gasteiger partial charge is 0.342 e. The van der Waals surface area contributed by atoms with Gasteiger partial charge >= 0.3 is 0 Å². The molecule has 1 fully saturated rings. The topological polar surface area (TPSA) is 78.4 Å². The Hall–Kier alpha value is -2.96. The zero-order valence-electron chi connectivity index (χ0n) is 16.0. The maximum Gasteiger partial charge on any atom is 0.272 e. The smallest absolute Gasteiger partial charge is 0.272 e. The Balaban J connectivity index is 1.81. The summed E-state index contributed by atoms with van der Waals surface area (Å²) < 4.78 is 0. The first-order valence-corrected chi connectivity index (χ1v) is 9.18. The van der Waals surface area contributed by atoms with Crippen molar-refractivity contribution < 1.29 is 9.59 Å². The van der Waals surface area contributed by atoms with Crippen LogP contribution in [0.15, 0.2) is 30.3 Å². The highest BCUT2D eigenvalue weighted by molar-refractivity contribution is 5.93. The Morgan fingerprint density at radius 1 is 1.15 bits per heavy atom. The highest BCUT2D eigenvalue weighted by atomic mass is 16.2. The zero-order valence-corrected chi connectivity index (χ0v) is 16.0.